The second kappa shape index (κ2) is 8.19. The molecule has 0 aliphatic rings. The summed E-state index contributed by atoms with van der Waals surface area (Å²) in [4.78, 5) is 31.4. The van der Waals surface area contributed by atoms with Crippen LogP contribution in [0.15, 0.2) is 9.59 Å². The molecule has 0 radical (unpaired) electrons. The summed E-state index contributed by atoms with van der Waals surface area (Å²) in [5.74, 6) is 0.768. The van der Waals surface area contributed by atoms with Crippen LogP contribution < -0.4 is 11.2 Å². The molecule has 0 N–H and O–H groups in total. The molecule has 2 aromatic rings. The van der Waals surface area contributed by atoms with Gasteiger partial charge in [-0.3, -0.25) is 18.8 Å². The van der Waals surface area contributed by atoms with Gasteiger partial charge in [0.25, 0.3) is 5.56 Å². The Kier molecular flexibility index (Phi) is 7.02. The van der Waals surface area contributed by atoms with E-state index in [0.29, 0.717) is 29.8 Å². The van der Waals surface area contributed by atoms with E-state index in [1.165, 1.54) is 11.6 Å². The maximum absolute atomic E-state index is 12.5. The number of imidazole rings is 1. The van der Waals surface area contributed by atoms with Crippen LogP contribution in [0.2, 0.25) is 0 Å². The van der Waals surface area contributed by atoms with Gasteiger partial charge in [0.05, 0.1) is 0 Å². The van der Waals surface area contributed by atoms with Gasteiger partial charge in [-0.2, -0.15) is 0 Å². The predicted octanol–water partition coefficient (Wildman–Crippen LogP) is 1.67. The monoisotopic (exact) mass is 371 g/mol. The summed E-state index contributed by atoms with van der Waals surface area (Å²) < 4.78 is 4.53. The predicted molar refractivity (Wildman–Crippen MR) is 104 cm³/mol. The average Bonchev–Trinajstić information content (AvgIpc) is 2.83. The smallest absolute Gasteiger partial charge is 0.322 e. The van der Waals surface area contributed by atoms with E-state index < -0.39 is 0 Å². The normalized spacial score (nSPS) is 11.8. The summed E-state index contributed by atoms with van der Waals surface area (Å²) in [6, 6.07) is 0.971. The third-order valence-electron chi connectivity index (χ3n) is 4.66. The topological polar surface area (TPSA) is 65.1 Å². The molecule has 0 unspecified atom stereocenters. The first kappa shape index (κ1) is 21.4. The molecule has 2 rings (SSSR count). The highest BCUT2D eigenvalue weighted by Crippen LogP contribution is 2.12. The van der Waals surface area contributed by atoms with E-state index in [0.717, 1.165) is 23.4 Å². The van der Waals surface area contributed by atoms with Crippen LogP contribution in [0, 0.1) is 6.92 Å². The van der Waals surface area contributed by atoms with E-state index in [9.17, 15) is 9.59 Å². The Morgan fingerprint density at radius 3 is 2.12 bits per heavy atom. The Balaban J connectivity index is 0.00000312. The van der Waals surface area contributed by atoms with Crippen molar-refractivity contribution in [3.63, 3.8) is 0 Å². The number of fused-ring (bicyclic) bond motifs is 1. The van der Waals surface area contributed by atoms with Gasteiger partial charge in [0.15, 0.2) is 11.2 Å². The van der Waals surface area contributed by atoms with Gasteiger partial charge in [-0.1, -0.05) is 0 Å². The van der Waals surface area contributed by atoms with E-state index in [2.05, 4.69) is 37.6 Å². The first-order valence-corrected chi connectivity index (χ1v) is 8.55. The van der Waals surface area contributed by atoms with Crippen molar-refractivity contribution >= 4 is 23.6 Å². The Morgan fingerprint density at radius 2 is 1.60 bits per heavy atom. The zero-order chi connectivity index (χ0) is 18.2. The molecule has 0 amide bonds. The summed E-state index contributed by atoms with van der Waals surface area (Å²) in [6.45, 7) is 12.3. The number of rotatable bonds is 6. The van der Waals surface area contributed by atoms with Crippen LogP contribution in [0.3, 0.4) is 0 Å². The van der Waals surface area contributed by atoms with Crippen LogP contribution in [0.1, 0.15) is 39.9 Å². The van der Waals surface area contributed by atoms with Crippen molar-refractivity contribution in [1.29, 1.82) is 0 Å². The molecule has 2 heterocycles. The van der Waals surface area contributed by atoms with Crippen molar-refractivity contribution < 1.29 is 0 Å². The summed E-state index contributed by atoms with van der Waals surface area (Å²) in [6.07, 6.45) is 0.925. The van der Waals surface area contributed by atoms with Gasteiger partial charge in [-0.15, -0.1) is 12.4 Å². The lowest BCUT2D eigenvalue weighted by Crippen LogP contribution is -2.38. The molecule has 0 saturated carbocycles. The van der Waals surface area contributed by atoms with Crippen molar-refractivity contribution in [2.24, 2.45) is 14.1 Å². The van der Waals surface area contributed by atoms with Gasteiger partial charge in [0.1, 0.15) is 5.82 Å². The van der Waals surface area contributed by atoms with Crippen LogP contribution in [0.5, 0.6) is 0 Å². The highest BCUT2D eigenvalue weighted by Gasteiger charge is 2.18. The standard InChI is InChI=1S/C17H29N5O2.ClH/c1-11(2)21(12(3)4)9-8-10-22-13(5)18-15-14(22)16(23)20(7)17(24)19(15)6;/h11-12H,8-10H2,1-7H3;1H. The van der Waals surface area contributed by atoms with Crippen molar-refractivity contribution in [1.82, 2.24) is 23.6 Å². The molecule has 7 nitrogen and oxygen atoms in total. The molecule has 0 atom stereocenters. The van der Waals surface area contributed by atoms with Gasteiger partial charge >= 0.3 is 5.69 Å². The third-order valence-corrected chi connectivity index (χ3v) is 4.66. The fourth-order valence-corrected chi connectivity index (χ4v) is 3.35. The Bertz CT molecular complexity index is 839. The molecule has 0 bridgehead atoms. The lowest BCUT2D eigenvalue weighted by molar-refractivity contribution is 0.170. The number of aryl methyl sites for hydroxylation is 3. The second-order valence-corrected chi connectivity index (χ2v) is 6.97. The summed E-state index contributed by atoms with van der Waals surface area (Å²) in [5, 5.41) is 0. The van der Waals surface area contributed by atoms with Crippen LogP contribution in [0.25, 0.3) is 11.2 Å². The third kappa shape index (κ3) is 3.98. The minimum atomic E-state index is -0.344. The lowest BCUT2D eigenvalue weighted by Gasteiger charge is -2.30. The number of hydrogen-bond donors (Lipinski definition) is 0. The van der Waals surface area contributed by atoms with E-state index >= 15 is 0 Å². The molecule has 0 fully saturated rings. The van der Waals surface area contributed by atoms with Crippen molar-refractivity contribution in [3.8, 4) is 0 Å². The quantitative estimate of drug-likeness (QED) is 0.774. The Labute approximate surface area is 154 Å². The Morgan fingerprint density at radius 1 is 1.04 bits per heavy atom. The molecule has 0 aliphatic carbocycles. The van der Waals surface area contributed by atoms with Crippen molar-refractivity contribution in [2.75, 3.05) is 6.54 Å². The molecule has 142 valence electrons. The summed E-state index contributed by atoms with van der Waals surface area (Å²) in [7, 11) is 3.16. The zero-order valence-corrected chi connectivity index (χ0v) is 17.1. The number of nitrogens with zero attached hydrogens (tertiary/aromatic N) is 5. The zero-order valence-electron chi connectivity index (χ0n) is 16.2. The van der Waals surface area contributed by atoms with Gasteiger partial charge in [0.2, 0.25) is 0 Å². The highest BCUT2D eigenvalue weighted by molar-refractivity contribution is 5.85. The molecule has 0 aromatic carbocycles. The molecule has 25 heavy (non-hydrogen) atoms. The average molecular weight is 372 g/mol. The number of hydrogen-bond acceptors (Lipinski definition) is 4. The maximum Gasteiger partial charge on any atom is 0.332 e. The second-order valence-electron chi connectivity index (χ2n) is 6.97. The fourth-order valence-electron chi connectivity index (χ4n) is 3.35. The van der Waals surface area contributed by atoms with Gasteiger partial charge in [-0.25, -0.2) is 9.78 Å². The van der Waals surface area contributed by atoms with Crippen LogP contribution in [-0.2, 0) is 20.6 Å². The van der Waals surface area contributed by atoms with E-state index in [4.69, 9.17) is 0 Å². The number of aromatic nitrogens is 4. The van der Waals surface area contributed by atoms with Crippen LogP contribution in [0.4, 0.5) is 0 Å². The minimum Gasteiger partial charge on any atom is -0.322 e. The molecular weight excluding hydrogens is 342 g/mol. The van der Waals surface area contributed by atoms with Gasteiger partial charge in [0, 0.05) is 39.3 Å². The highest BCUT2D eigenvalue weighted by atomic mass is 35.5. The van der Waals surface area contributed by atoms with Gasteiger partial charge < -0.3 is 4.57 Å². The SMILES string of the molecule is Cc1nc2c(c(=O)n(C)c(=O)n2C)n1CCCN(C(C)C)C(C)C.Cl. The van der Waals surface area contributed by atoms with E-state index in [1.807, 2.05) is 11.5 Å². The largest absolute Gasteiger partial charge is 0.332 e. The molecule has 0 saturated heterocycles. The first-order valence-electron chi connectivity index (χ1n) is 8.55. The fraction of sp³-hybridized carbons (Fsp3) is 0.706. The van der Waals surface area contributed by atoms with Crippen molar-refractivity contribution in [2.45, 2.75) is 59.7 Å². The Hall–Kier alpha value is -1.60. The molecule has 2 aromatic heterocycles. The van der Waals surface area contributed by atoms with Crippen molar-refractivity contribution in [3.05, 3.63) is 26.7 Å². The van der Waals surface area contributed by atoms with Crippen LogP contribution in [-0.4, -0.2) is 42.2 Å². The van der Waals surface area contributed by atoms with Crippen LogP contribution >= 0.6 is 12.4 Å². The van der Waals surface area contributed by atoms with Gasteiger partial charge in [-0.05, 0) is 41.0 Å². The molecular formula is C17H30ClN5O2. The molecule has 0 aliphatic heterocycles. The first-order chi connectivity index (χ1) is 11.2. The lowest BCUT2D eigenvalue weighted by atomic mass is 10.2. The summed E-state index contributed by atoms with van der Waals surface area (Å²) in [5.41, 5.74) is 0.351. The summed E-state index contributed by atoms with van der Waals surface area (Å²) >= 11 is 0. The van der Waals surface area contributed by atoms with E-state index in [-0.39, 0.29) is 23.7 Å². The maximum atomic E-state index is 12.5. The minimum absolute atomic E-state index is 0. The molecule has 0 spiro atoms. The molecule has 8 heteroatoms. The number of halogens is 1. The van der Waals surface area contributed by atoms with E-state index in [1.54, 1.807) is 7.05 Å².